The molecule has 1 atom stereocenters. The molecule has 0 radical (unpaired) electrons. The summed E-state index contributed by atoms with van der Waals surface area (Å²) in [6.07, 6.45) is 2.95. The average Bonchev–Trinajstić information content (AvgIpc) is 1.83. The SMILES string of the molecule is CC1(C)CCC[C@@H](Cl)C1=O. The van der Waals surface area contributed by atoms with Crippen molar-refractivity contribution in [2.24, 2.45) is 5.41 Å². The molecule has 1 fully saturated rings. The lowest BCUT2D eigenvalue weighted by atomic mass is 9.76. The second-order valence-corrected chi connectivity index (χ2v) is 4.13. The van der Waals surface area contributed by atoms with Crippen molar-refractivity contribution in [2.75, 3.05) is 0 Å². The molecule has 1 rings (SSSR count). The molecule has 0 unspecified atom stereocenters. The van der Waals surface area contributed by atoms with Crippen molar-refractivity contribution in [1.29, 1.82) is 0 Å². The first-order chi connectivity index (χ1) is 4.54. The van der Waals surface area contributed by atoms with Crippen molar-refractivity contribution < 1.29 is 4.79 Å². The monoisotopic (exact) mass is 160 g/mol. The van der Waals surface area contributed by atoms with Gasteiger partial charge in [0.25, 0.3) is 0 Å². The third-order valence-electron chi connectivity index (χ3n) is 2.21. The third kappa shape index (κ3) is 1.34. The molecule has 0 saturated heterocycles. The number of rotatable bonds is 0. The van der Waals surface area contributed by atoms with E-state index in [9.17, 15) is 4.79 Å². The molecule has 1 aliphatic rings. The smallest absolute Gasteiger partial charge is 0.156 e. The first kappa shape index (κ1) is 8.06. The second-order valence-electron chi connectivity index (χ2n) is 3.61. The number of alkyl halides is 1. The van der Waals surface area contributed by atoms with Crippen molar-refractivity contribution >= 4 is 17.4 Å². The number of halogens is 1. The van der Waals surface area contributed by atoms with Gasteiger partial charge >= 0.3 is 0 Å². The zero-order valence-corrected chi connectivity index (χ0v) is 7.24. The Morgan fingerprint density at radius 2 is 2.20 bits per heavy atom. The molecular weight excluding hydrogens is 148 g/mol. The fourth-order valence-electron chi connectivity index (χ4n) is 1.40. The number of hydrogen-bond donors (Lipinski definition) is 0. The maximum atomic E-state index is 11.3. The molecule has 0 aliphatic heterocycles. The molecule has 58 valence electrons. The van der Waals surface area contributed by atoms with Crippen molar-refractivity contribution in [3.05, 3.63) is 0 Å². The standard InChI is InChI=1S/C8H13ClO/c1-8(2)5-3-4-6(9)7(8)10/h6H,3-5H2,1-2H3/t6-/m1/s1. The summed E-state index contributed by atoms with van der Waals surface area (Å²) in [5, 5.41) is -0.219. The summed E-state index contributed by atoms with van der Waals surface area (Å²) in [6.45, 7) is 3.95. The number of ketones is 1. The maximum Gasteiger partial charge on any atom is 0.156 e. The van der Waals surface area contributed by atoms with Gasteiger partial charge in [-0.2, -0.15) is 0 Å². The predicted molar refractivity (Wildman–Crippen MR) is 42.3 cm³/mol. The highest BCUT2D eigenvalue weighted by Crippen LogP contribution is 2.34. The Labute approximate surface area is 66.8 Å². The van der Waals surface area contributed by atoms with E-state index in [0.29, 0.717) is 0 Å². The Hall–Kier alpha value is -0.0400. The Balaban J connectivity index is 2.70. The summed E-state index contributed by atoms with van der Waals surface area (Å²) in [5.41, 5.74) is -0.162. The molecule has 0 aromatic heterocycles. The molecule has 0 heterocycles. The van der Waals surface area contributed by atoms with Gasteiger partial charge in [-0.05, 0) is 12.8 Å². The Morgan fingerprint density at radius 1 is 1.60 bits per heavy atom. The molecular formula is C8H13ClO. The molecule has 1 aliphatic carbocycles. The van der Waals surface area contributed by atoms with Crippen LogP contribution in [0.4, 0.5) is 0 Å². The summed E-state index contributed by atoms with van der Waals surface area (Å²) in [7, 11) is 0. The van der Waals surface area contributed by atoms with Crippen LogP contribution in [0.15, 0.2) is 0 Å². The molecule has 0 bridgehead atoms. The minimum atomic E-state index is -0.219. The molecule has 0 aromatic rings. The molecule has 10 heavy (non-hydrogen) atoms. The third-order valence-corrected chi connectivity index (χ3v) is 2.63. The van der Waals surface area contributed by atoms with Crippen LogP contribution in [-0.4, -0.2) is 11.2 Å². The number of carbonyl (C=O) groups excluding carboxylic acids is 1. The molecule has 1 nitrogen and oxygen atoms in total. The van der Waals surface area contributed by atoms with Gasteiger partial charge in [-0.3, -0.25) is 4.79 Å². The first-order valence-electron chi connectivity index (χ1n) is 3.72. The van der Waals surface area contributed by atoms with Gasteiger partial charge in [-0.1, -0.05) is 20.3 Å². The van der Waals surface area contributed by atoms with Crippen LogP contribution in [0.3, 0.4) is 0 Å². The molecule has 0 amide bonds. The van der Waals surface area contributed by atoms with Crippen LogP contribution >= 0.6 is 11.6 Å². The largest absolute Gasteiger partial charge is 0.297 e. The zero-order chi connectivity index (χ0) is 7.78. The molecule has 1 saturated carbocycles. The van der Waals surface area contributed by atoms with Crippen LogP contribution in [0.1, 0.15) is 33.1 Å². The number of hydrogen-bond acceptors (Lipinski definition) is 1. The summed E-state index contributed by atoms with van der Waals surface area (Å²) >= 11 is 5.80. The lowest BCUT2D eigenvalue weighted by molar-refractivity contribution is -0.128. The van der Waals surface area contributed by atoms with Crippen molar-refractivity contribution in [1.82, 2.24) is 0 Å². The average molecular weight is 161 g/mol. The predicted octanol–water partition coefficient (Wildman–Crippen LogP) is 2.37. The van der Waals surface area contributed by atoms with E-state index in [1.807, 2.05) is 13.8 Å². The minimum Gasteiger partial charge on any atom is -0.297 e. The van der Waals surface area contributed by atoms with Gasteiger partial charge in [-0.15, -0.1) is 11.6 Å². The normalized spacial score (nSPS) is 32.3. The van der Waals surface area contributed by atoms with Gasteiger partial charge in [0.05, 0.1) is 5.38 Å². The first-order valence-corrected chi connectivity index (χ1v) is 4.16. The molecule has 2 heteroatoms. The fourth-order valence-corrected chi connectivity index (χ4v) is 1.85. The van der Waals surface area contributed by atoms with E-state index < -0.39 is 0 Å². The summed E-state index contributed by atoms with van der Waals surface area (Å²) in [4.78, 5) is 11.3. The minimum absolute atomic E-state index is 0.162. The van der Waals surface area contributed by atoms with Gasteiger partial charge in [0.15, 0.2) is 5.78 Å². The van der Waals surface area contributed by atoms with E-state index in [2.05, 4.69) is 0 Å². The number of carbonyl (C=O) groups is 1. The second kappa shape index (κ2) is 2.54. The van der Waals surface area contributed by atoms with Gasteiger partial charge in [-0.25, -0.2) is 0 Å². The Kier molecular flexibility index (Phi) is 2.04. The molecule has 0 N–H and O–H groups in total. The van der Waals surface area contributed by atoms with Gasteiger partial charge < -0.3 is 0 Å². The lowest BCUT2D eigenvalue weighted by Crippen LogP contribution is -2.35. The van der Waals surface area contributed by atoms with E-state index in [1.54, 1.807) is 0 Å². The highest BCUT2D eigenvalue weighted by atomic mass is 35.5. The fraction of sp³-hybridized carbons (Fsp3) is 0.875. The van der Waals surface area contributed by atoms with Gasteiger partial charge in [0, 0.05) is 5.41 Å². The van der Waals surface area contributed by atoms with Crippen LogP contribution in [0, 0.1) is 5.41 Å². The topological polar surface area (TPSA) is 17.1 Å². The summed E-state index contributed by atoms with van der Waals surface area (Å²) in [5.74, 6) is 0.223. The van der Waals surface area contributed by atoms with Crippen molar-refractivity contribution in [2.45, 2.75) is 38.5 Å². The Morgan fingerprint density at radius 3 is 2.60 bits per heavy atom. The zero-order valence-electron chi connectivity index (χ0n) is 6.48. The van der Waals surface area contributed by atoms with Gasteiger partial charge in [0.2, 0.25) is 0 Å². The lowest BCUT2D eigenvalue weighted by Gasteiger charge is -2.30. The quantitative estimate of drug-likeness (QED) is 0.498. The van der Waals surface area contributed by atoms with Crippen LogP contribution in [0.2, 0.25) is 0 Å². The van der Waals surface area contributed by atoms with E-state index in [4.69, 9.17) is 11.6 Å². The maximum absolute atomic E-state index is 11.3. The molecule has 0 aromatic carbocycles. The van der Waals surface area contributed by atoms with Crippen LogP contribution in [-0.2, 0) is 4.79 Å². The van der Waals surface area contributed by atoms with E-state index >= 15 is 0 Å². The highest BCUT2D eigenvalue weighted by molar-refractivity contribution is 6.32. The van der Waals surface area contributed by atoms with Crippen molar-refractivity contribution in [3.63, 3.8) is 0 Å². The Bertz CT molecular complexity index is 151. The van der Waals surface area contributed by atoms with E-state index in [1.165, 1.54) is 0 Å². The number of Topliss-reactive ketones (excluding diaryl/α,β-unsaturated/α-hetero) is 1. The summed E-state index contributed by atoms with van der Waals surface area (Å²) in [6, 6.07) is 0. The van der Waals surface area contributed by atoms with E-state index in [0.717, 1.165) is 19.3 Å². The highest BCUT2D eigenvalue weighted by Gasteiger charge is 2.35. The summed E-state index contributed by atoms with van der Waals surface area (Å²) < 4.78 is 0. The van der Waals surface area contributed by atoms with Crippen LogP contribution in [0.5, 0.6) is 0 Å². The van der Waals surface area contributed by atoms with Crippen molar-refractivity contribution in [3.8, 4) is 0 Å². The van der Waals surface area contributed by atoms with Crippen LogP contribution in [0.25, 0.3) is 0 Å². The molecule has 0 spiro atoms. The van der Waals surface area contributed by atoms with Gasteiger partial charge in [0.1, 0.15) is 0 Å². The van der Waals surface area contributed by atoms with E-state index in [-0.39, 0.29) is 16.6 Å². The van der Waals surface area contributed by atoms with Crippen LogP contribution < -0.4 is 0 Å².